The zero-order valence-corrected chi connectivity index (χ0v) is 17.7. The second-order valence-corrected chi connectivity index (χ2v) is 9.05. The number of rotatable bonds is 8. The van der Waals surface area contributed by atoms with Crippen molar-refractivity contribution < 1.29 is 17.9 Å². The first-order valence-electron chi connectivity index (χ1n) is 8.78. The van der Waals surface area contributed by atoms with Crippen LogP contribution in [0, 0.1) is 0 Å². The van der Waals surface area contributed by atoms with Gasteiger partial charge in [0.1, 0.15) is 5.75 Å². The number of benzene rings is 2. The van der Waals surface area contributed by atoms with E-state index in [1.165, 1.54) is 18.2 Å². The van der Waals surface area contributed by atoms with E-state index in [2.05, 4.69) is 26.0 Å². The Kier molecular flexibility index (Phi) is 6.53. The molecule has 0 aliphatic heterocycles. The third-order valence-electron chi connectivity index (χ3n) is 4.20. The van der Waals surface area contributed by atoms with Gasteiger partial charge >= 0.3 is 0 Å². The molecule has 0 unspecified atom stereocenters. The highest BCUT2D eigenvalue weighted by Gasteiger charge is 2.27. The van der Waals surface area contributed by atoms with Gasteiger partial charge in [0, 0.05) is 18.7 Å². The van der Waals surface area contributed by atoms with Gasteiger partial charge in [-0.2, -0.15) is 0 Å². The third-order valence-corrected chi connectivity index (χ3v) is 6.36. The molecule has 1 saturated carbocycles. The van der Waals surface area contributed by atoms with Gasteiger partial charge in [-0.15, -0.1) is 0 Å². The van der Waals surface area contributed by atoms with E-state index in [4.69, 9.17) is 4.74 Å². The number of amides is 1. The molecule has 0 aromatic heterocycles. The minimum absolute atomic E-state index is 0.0691. The van der Waals surface area contributed by atoms with Crippen LogP contribution in [-0.4, -0.2) is 27.5 Å². The molecular formula is C20H21BrN2O4S. The molecule has 1 aliphatic carbocycles. The summed E-state index contributed by atoms with van der Waals surface area (Å²) >= 11 is 3.41. The van der Waals surface area contributed by atoms with Crippen LogP contribution in [0.15, 0.2) is 57.9 Å². The number of hydrogen-bond donors (Lipinski definition) is 2. The molecule has 1 amide bonds. The Labute approximate surface area is 173 Å². The van der Waals surface area contributed by atoms with Crippen LogP contribution in [0.3, 0.4) is 0 Å². The Balaban J connectivity index is 1.54. The lowest BCUT2D eigenvalue weighted by Gasteiger charge is -2.07. The van der Waals surface area contributed by atoms with E-state index in [1.807, 2.05) is 18.2 Å². The van der Waals surface area contributed by atoms with Crippen LogP contribution in [0.25, 0.3) is 6.08 Å². The van der Waals surface area contributed by atoms with E-state index >= 15 is 0 Å². The van der Waals surface area contributed by atoms with E-state index in [1.54, 1.807) is 25.3 Å². The molecule has 148 valence electrons. The predicted octanol–water partition coefficient (Wildman–Crippen LogP) is 3.23. The summed E-state index contributed by atoms with van der Waals surface area (Å²) in [5.74, 6) is 0.492. The predicted molar refractivity (Wildman–Crippen MR) is 111 cm³/mol. The summed E-state index contributed by atoms with van der Waals surface area (Å²) in [6, 6.07) is 12.1. The van der Waals surface area contributed by atoms with Gasteiger partial charge in [-0.25, -0.2) is 13.1 Å². The molecular weight excluding hydrogens is 444 g/mol. The second-order valence-electron chi connectivity index (χ2n) is 6.48. The summed E-state index contributed by atoms with van der Waals surface area (Å²) in [4.78, 5) is 12.2. The fraction of sp³-hybridized carbons (Fsp3) is 0.250. The van der Waals surface area contributed by atoms with Gasteiger partial charge in [-0.1, -0.05) is 18.2 Å². The molecule has 2 N–H and O–H groups in total. The lowest BCUT2D eigenvalue weighted by molar-refractivity contribution is -0.116. The highest BCUT2D eigenvalue weighted by atomic mass is 79.9. The number of hydrogen-bond acceptors (Lipinski definition) is 4. The number of halogens is 1. The maximum absolute atomic E-state index is 12.1. The number of ether oxygens (including phenoxy) is 1. The molecule has 3 rings (SSSR count). The van der Waals surface area contributed by atoms with Crippen LogP contribution >= 0.6 is 15.9 Å². The number of sulfonamides is 1. The van der Waals surface area contributed by atoms with Crippen molar-refractivity contribution in [1.29, 1.82) is 0 Å². The summed E-state index contributed by atoms with van der Waals surface area (Å²) in [6.45, 7) is 0.385. The number of methoxy groups -OCH3 is 1. The van der Waals surface area contributed by atoms with E-state index < -0.39 is 10.0 Å². The first-order valence-corrected chi connectivity index (χ1v) is 11.1. The first kappa shape index (κ1) is 20.6. The fourth-order valence-electron chi connectivity index (χ4n) is 2.49. The van der Waals surface area contributed by atoms with Crippen molar-refractivity contribution in [3.8, 4) is 5.75 Å². The van der Waals surface area contributed by atoms with Gasteiger partial charge in [-0.3, -0.25) is 4.79 Å². The summed E-state index contributed by atoms with van der Waals surface area (Å²) in [6.07, 6.45) is 4.85. The molecule has 1 fully saturated rings. The minimum Gasteiger partial charge on any atom is -0.496 e. The Morgan fingerprint density at radius 2 is 1.93 bits per heavy atom. The van der Waals surface area contributed by atoms with Crippen molar-refractivity contribution in [2.45, 2.75) is 30.3 Å². The van der Waals surface area contributed by atoms with Gasteiger partial charge < -0.3 is 10.1 Å². The smallest absolute Gasteiger partial charge is 0.244 e. The molecule has 1 aliphatic rings. The summed E-state index contributed by atoms with van der Waals surface area (Å²) in [5.41, 5.74) is 1.68. The maximum atomic E-state index is 12.1. The topological polar surface area (TPSA) is 84.5 Å². The van der Waals surface area contributed by atoms with Crippen molar-refractivity contribution in [2.24, 2.45) is 0 Å². The minimum atomic E-state index is -3.46. The largest absolute Gasteiger partial charge is 0.496 e. The van der Waals surface area contributed by atoms with E-state index in [0.29, 0.717) is 6.54 Å². The van der Waals surface area contributed by atoms with Crippen molar-refractivity contribution in [3.63, 3.8) is 0 Å². The van der Waals surface area contributed by atoms with E-state index in [-0.39, 0.29) is 16.8 Å². The first-order chi connectivity index (χ1) is 13.4. The fourth-order valence-corrected chi connectivity index (χ4v) is 4.38. The number of nitrogens with one attached hydrogen (secondary N) is 2. The molecule has 2 aromatic carbocycles. The van der Waals surface area contributed by atoms with Gasteiger partial charge in [-0.05, 0) is 70.2 Å². The second kappa shape index (κ2) is 8.89. The average molecular weight is 465 g/mol. The lowest BCUT2D eigenvalue weighted by Crippen LogP contribution is -2.25. The molecule has 0 saturated heterocycles. The van der Waals surface area contributed by atoms with Gasteiger partial charge in [0.25, 0.3) is 0 Å². The SMILES string of the molecule is COc1ccc(CNC(=O)C=Cc2ccc(S(=O)(=O)NC3CC3)cc2)cc1Br. The van der Waals surface area contributed by atoms with Crippen LogP contribution < -0.4 is 14.8 Å². The molecule has 8 heteroatoms. The highest BCUT2D eigenvalue weighted by Crippen LogP contribution is 2.25. The standard InChI is InChI=1S/C20H21BrN2O4S/c1-27-19-10-4-15(12-18(19)21)13-22-20(24)11-5-14-2-8-17(9-3-14)28(25,26)23-16-6-7-16/h2-5,8-12,16,23H,6-7,13H2,1H3,(H,22,24). The molecule has 6 nitrogen and oxygen atoms in total. The lowest BCUT2D eigenvalue weighted by atomic mass is 10.2. The highest BCUT2D eigenvalue weighted by molar-refractivity contribution is 9.10. The monoisotopic (exact) mass is 464 g/mol. The molecule has 0 bridgehead atoms. The molecule has 0 radical (unpaired) electrons. The zero-order valence-electron chi connectivity index (χ0n) is 15.3. The quantitative estimate of drug-likeness (QED) is 0.587. The molecule has 0 spiro atoms. The summed E-state index contributed by atoms with van der Waals surface area (Å²) < 4.78 is 32.9. The van der Waals surface area contributed by atoms with Crippen LogP contribution in [0.1, 0.15) is 24.0 Å². The molecule has 2 aromatic rings. The average Bonchev–Trinajstić information content (AvgIpc) is 3.48. The van der Waals surface area contributed by atoms with Crippen molar-refractivity contribution >= 4 is 37.9 Å². The van der Waals surface area contributed by atoms with Crippen LogP contribution in [0.2, 0.25) is 0 Å². The van der Waals surface area contributed by atoms with Crippen LogP contribution in [0.4, 0.5) is 0 Å². The van der Waals surface area contributed by atoms with Crippen molar-refractivity contribution in [3.05, 3.63) is 64.1 Å². The van der Waals surface area contributed by atoms with Crippen molar-refractivity contribution in [2.75, 3.05) is 7.11 Å². The normalized spacial score (nSPS) is 14.2. The Bertz CT molecular complexity index is 984. The van der Waals surface area contributed by atoms with Crippen LogP contribution in [-0.2, 0) is 21.4 Å². The van der Waals surface area contributed by atoms with E-state index in [0.717, 1.165) is 34.2 Å². The summed E-state index contributed by atoms with van der Waals surface area (Å²) in [5, 5.41) is 2.80. The van der Waals surface area contributed by atoms with Gasteiger partial charge in [0.2, 0.25) is 15.9 Å². The Hall–Kier alpha value is -2.16. The number of carbonyl (C=O) groups is 1. The number of carbonyl (C=O) groups excluding carboxylic acids is 1. The van der Waals surface area contributed by atoms with E-state index in [9.17, 15) is 13.2 Å². The third kappa shape index (κ3) is 5.67. The Morgan fingerprint density at radius 3 is 2.54 bits per heavy atom. The van der Waals surface area contributed by atoms with Gasteiger partial charge in [0.05, 0.1) is 16.5 Å². The van der Waals surface area contributed by atoms with Crippen LogP contribution in [0.5, 0.6) is 5.75 Å². The maximum Gasteiger partial charge on any atom is 0.244 e. The van der Waals surface area contributed by atoms with Gasteiger partial charge in [0.15, 0.2) is 0 Å². The molecule has 0 atom stereocenters. The molecule has 0 heterocycles. The molecule has 28 heavy (non-hydrogen) atoms. The van der Waals surface area contributed by atoms with Crippen molar-refractivity contribution in [1.82, 2.24) is 10.0 Å². The summed E-state index contributed by atoms with van der Waals surface area (Å²) in [7, 11) is -1.86. The Morgan fingerprint density at radius 1 is 1.21 bits per heavy atom. The zero-order chi connectivity index (χ0) is 20.1.